The van der Waals surface area contributed by atoms with Gasteiger partial charge >= 0.3 is 6.18 Å². The fraction of sp³-hybridized carbons (Fsp3) is 0.440. The Hall–Kier alpha value is -2.72. The maximum absolute atomic E-state index is 11.9. The van der Waals surface area contributed by atoms with Crippen LogP contribution in [0.3, 0.4) is 0 Å². The van der Waals surface area contributed by atoms with E-state index in [9.17, 15) is 18.0 Å². The van der Waals surface area contributed by atoms with Crippen LogP contribution in [0, 0.1) is 6.92 Å². The van der Waals surface area contributed by atoms with Crippen LogP contribution in [0.4, 0.5) is 13.2 Å². The third kappa shape index (κ3) is 3.60. The molecule has 2 saturated carbocycles. The number of carbonyl (C=O) groups is 1. The second-order valence-corrected chi connectivity index (χ2v) is 11.2. The zero-order valence-corrected chi connectivity index (χ0v) is 21.0. The molecule has 0 radical (unpaired) electrons. The van der Waals surface area contributed by atoms with Gasteiger partial charge < -0.3 is 5.32 Å². The van der Waals surface area contributed by atoms with Gasteiger partial charge in [-0.2, -0.15) is 13.2 Å². The van der Waals surface area contributed by atoms with Gasteiger partial charge in [0.2, 0.25) is 6.41 Å². The second-order valence-electron chi connectivity index (χ2n) is 9.76. The van der Waals surface area contributed by atoms with E-state index in [1.165, 1.54) is 27.4 Å². The molecule has 3 aromatic rings. The first-order chi connectivity index (χ1) is 17.2. The third-order valence-electron chi connectivity index (χ3n) is 7.39. The summed E-state index contributed by atoms with van der Waals surface area (Å²) in [6, 6.07) is 8.08. The number of aliphatic imine (C=N–C) groups is 1. The van der Waals surface area contributed by atoms with E-state index in [4.69, 9.17) is 16.6 Å². The number of aryl methyl sites for hydroxylation is 2. The minimum Gasteiger partial charge on any atom is -0.345 e. The number of hydrogen-bond acceptors (Lipinski definition) is 5. The Morgan fingerprint density at radius 1 is 1.14 bits per heavy atom. The molecule has 11 heteroatoms. The van der Waals surface area contributed by atoms with Gasteiger partial charge in [0.05, 0.1) is 5.71 Å². The Morgan fingerprint density at radius 3 is 2.50 bits per heavy atom. The first-order valence-electron chi connectivity index (χ1n) is 11.9. The van der Waals surface area contributed by atoms with Crippen molar-refractivity contribution >= 4 is 35.1 Å². The zero-order valence-electron chi connectivity index (χ0n) is 19.5. The molecule has 36 heavy (non-hydrogen) atoms. The van der Waals surface area contributed by atoms with Gasteiger partial charge in [-0.3, -0.25) is 14.4 Å². The van der Waals surface area contributed by atoms with Crippen LogP contribution in [0.2, 0.25) is 5.02 Å². The molecule has 3 heterocycles. The summed E-state index contributed by atoms with van der Waals surface area (Å²) >= 11 is 8.50. The Labute approximate surface area is 214 Å². The summed E-state index contributed by atoms with van der Waals surface area (Å²) in [7, 11) is 0. The predicted molar refractivity (Wildman–Crippen MR) is 131 cm³/mol. The zero-order chi connectivity index (χ0) is 25.3. The van der Waals surface area contributed by atoms with Crippen molar-refractivity contribution in [2.75, 3.05) is 0 Å². The predicted octanol–water partition coefficient (Wildman–Crippen LogP) is 5.45. The van der Waals surface area contributed by atoms with Crippen molar-refractivity contribution in [1.29, 1.82) is 0 Å². The summed E-state index contributed by atoms with van der Waals surface area (Å²) in [6.07, 6.45) is 1.38. The Balaban J connectivity index is 0.000000204. The molecule has 2 fully saturated rings. The molecule has 1 aliphatic heterocycles. The van der Waals surface area contributed by atoms with Crippen LogP contribution in [-0.4, -0.2) is 38.6 Å². The number of fused-ring (bicyclic) bond motifs is 6. The first kappa shape index (κ1) is 23.7. The fourth-order valence-corrected chi connectivity index (χ4v) is 6.73. The van der Waals surface area contributed by atoms with Crippen molar-refractivity contribution in [3.63, 3.8) is 0 Å². The number of nitrogens with one attached hydrogen (secondary N) is 1. The van der Waals surface area contributed by atoms with Gasteiger partial charge in [0.25, 0.3) is 0 Å². The molecular formula is C25H23ClF3N5OS. The number of hydrogen-bond donors (Lipinski definition) is 1. The molecule has 0 saturated heterocycles. The van der Waals surface area contributed by atoms with Crippen molar-refractivity contribution in [3.05, 3.63) is 62.5 Å². The summed E-state index contributed by atoms with van der Waals surface area (Å²) in [5.41, 5.74) is 2.69. The molecule has 2 aromatic heterocycles. The quantitative estimate of drug-likeness (QED) is 0.455. The number of thiophene rings is 1. The number of aromatic nitrogens is 3. The number of rotatable bonds is 3. The van der Waals surface area contributed by atoms with Crippen LogP contribution < -0.4 is 5.32 Å². The molecule has 1 N–H and O–H groups in total. The van der Waals surface area contributed by atoms with Crippen molar-refractivity contribution in [2.45, 2.75) is 69.1 Å². The number of halogens is 4. The topological polar surface area (TPSA) is 72.2 Å². The molecule has 0 bridgehead atoms. The van der Waals surface area contributed by atoms with Crippen molar-refractivity contribution < 1.29 is 18.0 Å². The SMILES string of the molecule is Cc1nnc2n1-c1sc3c(c1C(c1ccccc1Cl)=NC21CC1)CCC3.O=CNC1(C(F)(F)F)CC1. The van der Waals surface area contributed by atoms with Gasteiger partial charge in [-0.1, -0.05) is 29.8 Å². The number of nitrogens with zero attached hydrogens (tertiary/aromatic N) is 4. The van der Waals surface area contributed by atoms with E-state index < -0.39 is 11.7 Å². The van der Waals surface area contributed by atoms with Crippen molar-refractivity contribution in [3.8, 4) is 5.00 Å². The lowest BCUT2D eigenvalue weighted by Crippen LogP contribution is -2.44. The van der Waals surface area contributed by atoms with E-state index in [0.717, 1.165) is 53.6 Å². The lowest BCUT2D eigenvalue weighted by atomic mass is 9.99. The average Bonchev–Trinajstić information content (AvgIpc) is 3.67. The van der Waals surface area contributed by atoms with Crippen molar-refractivity contribution in [2.24, 2.45) is 4.99 Å². The van der Waals surface area contributed by atoms with Gasteiger partial charge in [-0.05, 0) is 63.5 Å². The van der Waals surface area contributed by atoms with Crippen LogP contribution in [0.15, 0.2) is 29.3 Å². The van der Waals surface area contributed by atoms with E-state index >= 15 is 0 Å². The van der Waals surface area contributed by atoms with Crippen LogP contribution >= 0.6 is 22.9 Å². The number of amides is 1. The molecule has 7 rings (SSSR count). The summed E-state index contributed by atoms with van der Waals surface area (Å²) in [5, 5.41) is 12.7. The van der Waals surface area contributed by atoms with Crippen LogP contribution in [-0.2, 0) is 23.2 Å². The van der Waals surface area contributed by atoms with E-state index in [0.29, 0.717) is 0 Å². The molecule has 188 valence electrons. The molecular weight excluding hydrogens is 511 g/mol. The van der Waals surface area contributed by atoms with Crippen LogP contribution in [0.5, 0.6) is 0 Å². The Morgan fingerprint density at radius 2 is 1.89 bits per heavy atom. The molecule has 4 aliphatic rings. The molecule has 3 aliphatic carbocycles. The summed E-state index contributed by atoms with van der Waals surface area (Å²) in [4.78, 5) is 16.5. The Bertz CT molecular complexity index is 1400. The highest BCUT2D eigenvalue weighted by atomic mass is 35.5. The maximum Gasteiger partial charge on any atom is 0.411 e. The molecule has 6 nitrogen and oxygen atoms in total. The maximum atomic E-state index is 11.9. The smallest absolute Gasteiger partial charge is 0.345 e. The third-order valence-corrected chi connectivity index (χ3v) is 9.00. The van der Waals surface area contributed by atoms with E-state index in [-0.39, 0.29) is 24.8 Å². The van der Waals surface area contributed by atoms with Gasteiger partial charge in [0.1, 0.15) is 21.9 Å². The summed E-state index contributed by atoms with van der Waals surface area (Å²) in [6.45, 7) is 2.04. The van der Waals surface area contributed by atoms with E-state index in [2.05, 4.69) is 20.8 Å². The minimum absolute atomic E-state index is 0.00917. The molecule has 1 spiro atoms. The molecule has 1 amide bonds. The van der Waals surface area contributed by atoms with Gasteiger partial charge in [0, 0.05) is 21.0 Å². The monoisotopic (exact) mass is 533 g/mol. The van der Waals surface area contributed by atoms with E-state index in [1.807, 2.05) is 36.5 Å². The Kier molecular flexibility index (Phi) is 5.35. The summed E-state index contributed by atoms with van der Waals surface area (Å²) in [5.74, 6) is 1.95. The van der Waals surface area contributed by atoms with Crippen LogP contribution in [0.1, 0.15) is 65.3 Å². The highest BCUT2D eigenvalue weighted by molar-refractivity contribution is 7.15. The standard InChI is InChI=1S/C20H17ClN4S.C5H6F3NO/c1-11-23-24-19-20(9-10-20)22-17(12-5-2-3-7-14(12)21)16-13-6-4-8-15(13)26-18(16)25(11)19;6-5(7,8)4(1-2-4)9-3-10/h2-3,5,7H,4,6,8-10H2,1H3;3H,1-2H2,(H,9,10). The normalized spacial score (nSPS) is 19.8. The summed E-state index contributed by atoms with van der Waals surface area (Å²) < 4.78 is 37.8. The van der Waals surface area contributed by atoms with Gasteiger partial charge in [0.15, 0.2) is 5.82 Å². The second kappa shape index (κ2) is 8.14. The van der Waals surface area contributed by atoms with Gasteiger partial charge in [-0.25, -0.2) is 0 Å². The molecule has 1 aromatic carbocycles. The average molecular weight is 534 g/mol. The van der Waals surface area contributed by atoms with Gasteiger partial charge in [-0.15, -0.1) is 21.5 Å². The number of alkyl halides is 3. The fourth-order valence-electron chi connectivity index (χ4n) is 5.07. The first-order valence-corrected chi connectivity index (χ1v) is 13.1. The van der Waals surface area contributed by atoms with Crippen LogP contribution in [0.25, 0.3) is 5.00 Å². The highest BCUT2D eigenvalue weighted by Crippen LogP contribution is 2.54. The largest absolute Gasteiger partial charge is 0.411 e. The van der Waals surface area contributed by atoms with Crippen molar-refractivity contribution in [1.82, 2.24) is 20.1 Å². The number of carbonyl (C=O) groups excluding carboxylic acids is 1. The number of benzene rings is 1. The highest BCUT2D eigenvalue weighted by Gasteiger charge is 2.63. The lowest BCUT2D eigenvalue weighted by molar-refractivity contribution is -0.167. The molecule has 0 unspecified atom stereocenters. The lowest BCUT2D eigenvalue weighted by Gasteiger charge is -2.17. The minimum atomic E-state index is -4.28. The van der Waals surface area contributed by atoms with E-state index in [1.54, 1.807) is 5.32 Å². The molecule has 0 atom stereocenters.